The van der Waals surface area contributed by atoms with Crippen LogP contribution in [0.2, 0.25) is 0 Å². The fraction of sp³-hybridized carbons (Fsp3) is 0.500. The Morgan fingerprint density at radius 2 is 2.11 bits per heavy atom. The first-order valence-corrected chi connectivity index (χ1v) is 6.53. The van der Waals surface area contributed by atoms with Gasteiger partial charge in [-0.15, -0.1) is 0 Å². The molecule has 0 aliphatic carbocycles. The van der Waals surface area contributed by atoms with Crippen LogP contribution in [0.3, 0.4) is 0 Å². The quantitative estimate of drug-likeness (QED) is 0.397. The molecule has 1 amide bonds. The molecule has 1 aromatic rings. The van der Waals surface area contributed by atoms with Crippen LogP contribution in [0.1, 0.15) is 35.2 Å². The number of rotatable bonds is 7. The van der Waals surface area contributed by atoms with Gasteiger partial charge in [0.05, 0.1) is 11.3 Å². The van der Waals surface area contributed by atoms with Crippen LogP contribution < -0.4 is 11.3 Å². The highest BCUT2D eigenvalue weighted by atomic mass is 16.2. The average Bonchev–Trinajstić information content (AvgIpc) is 2.42. The summed E-state index contributed by atoms with van der Waals surface area (Å²) < 4.78 is 0. The third kappa shape index (κ3) is 4.54. The molecule has 4 N–H and O–H groups in total. The number of hydrazine groups is 1. The van der Waals surface area contributed by atoms with E-state index in [0.717, 1.165) is 24.8 Å². The molecule has 0 fully saturated rings. The summed E-state index contributed by atoms with van der Waals surface area (Å²) in [5, 5.41) is 8.71. The number of benzene rings is 1. The van der Waals surface area contributed by atoms with E-state index in [1.165, 1.54) is 0 Å². The Balaban J connectivity index is 2.68. The first-order valence-electron chi connectivity index (χ1n) is 6.53. The molecule has 0 aromatic heterocycles. The summed E-state index contributed by atoms with van der Waals surface area (Å²) in [6.45, 7) is 2.83. The van der Waals surface area contributed by atoms with Crippen LogP contribution in [-0.2, 0) is 0 Å². The molecular weight excluding hydrogens is 242 g/mol. The molecule has 0 unspecified atom stereocenters. The molecule has 0 bridgehead atoms. The van der Waals surface area contributed by atoms with Crippen molar-refractivity contribution in [1.82, 2.24) is 4.90 Å². The first-order chi connectivity index (χ1) is 9.10. The summed E-state index contributed by atoms with van der Waals surface area (Å²) in [5.41, 5.74) is 4.81. The first kappa shape index (κ1) is 15.5. The van der Waals surface area contributed by atoms with Crippen molar-refractivity contribution in [2.24, 2.45) is 5.84 Å². The van der Waals surface area contributed by atoms with E-state index >= 15 is 0 Å². The minimum absolute atomic E-state index is 0.0411. The van der Waals surface area contributed by atoms with Crippen LogP contribution in [0.15, 0.2) is 18.2 Å². The highest BCUT2D eigenvalue weighted by molar-refractivity contribution is 5.99. The molecule has 106 valence electrons. The fourth-order valence-electron chi connectivity index (χ4n) is 1.91. The van der Waals surface area contributed by atoms with E-state index in [4.69, 9.17) is 10.9 Å². The molecule has 0 heterocycles. The summed E-state index contributed by atoms with van der Waals surface area (Å²) in [6.07, 6.45) is 2.59. The van der Waals surface area contributed by atoms with Gasteiger partial charge in [0.2, 0.25) is 0 Å². The van der Waals surface area contributed by atoms with Gasteiger partial charge in [0.15, 0.2) is 0 Å². The maximum atomic E-state index is 12.3. The number of nitrogens with zero attached hydrogens (tertiary/aromatic N) is 1. The molecule has 0 aliphatic heterocycles. The molecule has 0 aliphatic rings. The van der Waals surface area contributed by atoms with E-state index < -0.39 is 0 Å². The number of aliphatic hydroxyl groups excluding tert-OH is 1. The number of nitrogens with one attached hydrogen (secondary N) is 1. The molecule has 19 heavy (non-hydrogen) atoms. The Morgan fingerprint density at radius 3 is 2.74 bits per heavy atom. The molecule has 1 rings (SSSR count). The lowest BCUT2D eigenvalue weighted by molar-refractivity contribution is 0.0793. The van der Waals surface area contributed by atoms with Gasteiger partial charge < -0.3 is 15.4 Å². The number of carbonyl (C=O) groups excluding carboxylic acids is 1. The second-order valence-electron chi connectivity index (χ2n) is 4.70. The minimum Gasteiger partial charge on any atom is -0.396 e. The third-order valence-electron chi connectivity index (χ3n) is 3.06. The number of nitrogen functional groups attached to an aromatic ring is 1. The van der Waals surface area contributed by atoms with Crippen LogP contribution in [-0.4, -0.2) is 36.1 Å². The maximum Gasteiger partial charge on any atom is 0.255 e. The maximum absolute atomic E-state index is 12.3. The van der Waals surface area contributed by atoms with Crippen molar-refractivity contribution in [3.63, 3.8) is 0 Å². The Morgan fingerprint density at radius 1 is 1.37 bits per heavy atom. The number of hydrogen-bond donors (Lipinski definition) is 3. The van der Waals surface area contributed by atoms with E-state index in [1.807, 2.05) is 25.1 Å². The number of unbranched alkanes of at least 4 members (excludes halogenated alkanes) is 2. The van der Waals surface area contributed by atoms with E-state index in [1.54, 1.807) is 11.9 Å². The van der Waals surface area contributed by atoms with Crippen molar-refractivity contribution in [2.45, 2.75) is 26.2 Å². The topological polar surface area (TPSA) is 78.6 Å². The largest absolute Gasteiger partial charge is 0.396 e. The normalized spacial score (nSPS) is 10.3. The van der Waals surface area contributed by atoms with Gasteiger partial charge in [-0.3, -0.25) is 10.6 Å². The number of anilines is 1. The van der Waals surface area contributed by atoms with Crippen LogP contribution >= 0.6 is 0 Å². The number of hydrogen-bond acceptors (Lipinski definition) is 4. The molecule has 0 spiro atoms. The van der Waals surface area contributed by atoms with Crippen molar-refractivity contribution >= 4 is 11.6 Å². The number of aliphatic hydroxyl groups is 1. The number of aryl methyl sites for hydroxylation is 1. The van der Waals surface area contributed by atoms with E-state index in [0.29, 0.717) is 17.8 Å². The summed E-state index contributed by atoms with van der Waals surface area (Å²) in [5.74, 6) is 5.39. The lowest BCUT2D eigenvalue weighted by atomic mass is 10.1. The average molecular weight is 265 g/mol. The molecule has 0 saturated carbocycles. The van der Waals surface area contributed by atoms with E-state index in [-0.39, 0.29) is 12.5 Å². The lowest BCUT2D eigenvalue weighted by Crippen LogP contribution is -2.29. The number of amides is 1. The van der Waals surface area contributed by atoms with Gasteiger partial charge in [-0.25, -0.2) is 0 Å². The molecule has 0 radical (unpaired) electrons. The minimum atomic E-state index is -0.0411. The highest BCUT2D eigenvalue weighted by Gasteiger charge is 2.15. The number of nitrogens with two attached hydrogens (primary N) is 1. The Bertz CT molecular complexity index is 421. The molecule has 1 aromatic carbocycles. The summed E-state index contributed by atoms with van der Waals surface area (Å²) >= 11 is 0. The Kier molecular flexibility index (Phi) is 6.32. The summed E-state index contributed by atoms with van der Waals surface area (Å²) in [7, 11) is 1.78. The summed E-state index contributed by atoms with van der Waals surface area (Å²) in [6, 6.07) is 5.55. The van der Waals surface area contributed by atoms with Gasteiger partial charge in [0, 0.05) is 20.2 Å². The van der Waals surface area contributed by atoms with Gasteiger partial charge in [-0.2, -0.15) is 0 Å². The monoisotopic (exact) mass is 265 g/mol. The molecule has 0 atom stereocenters. The predicted molar refractivity (Wildman–Crippen MR) is 76.9 cm³/mol. The standard InChI is InChI=1S/C14H23N3O2/c1-11-6-7-13(16-15)12(10-11)14(19)17(2)8-4-3-5-9-18/h6-7,10,16,18H,3-5,8-9,15H2,1-2H3. The highest BCUT2D eigenvalue weighted by Crippen LogP contribution is 2.18. The third-order valence-corrected chi connectivity index (χ3v) is 3.06. The van der Waals surface area contributed by atoms with Crippen molar-refractivity contribution in [2.75, 3.05) is 25.6 Å². The molecule has 0 saturated heterocycles. The van der Waals surface area contributed by atoms with Crippen LogP contribution in [0.25, 0.3) is 0 Å². The zero-order chi connectivity index (χ0) is 14.3. The van der Waals surface area contributed by atoms with Gasteiger partial charge in [0.1, 0.15) is 0 Å². The van der Waals surface area contributed by atoms with Gasteiger partial charge >= 0.3 is 0 Å². The molecule has 5 nitrogen and oxygen atoms in total. The van der Waals surface area contributed by atoms with Gasteiger partial charge in [-0.1, -0.05) is 11.6 Å². The fourth-order valence-corrected chi connectivity index (χ4v) is 1.91. The molecular formula is C14H23N3O2. The van der Waals surface area contributed by atoms with Crippen molar-refractivity contribution in [3.05, 3.63) is 29.3 Å². The Labute approximate surface area is 114 Å². The SMILES string of the molecule is Cc1ccc(NN)c(C(=O)N(C)CCCCCO)c1. The molecule has 5 heteroatoms. The zero-order valence-corrected chi connectivity index (χ0v) is 11.6. The van der Waals surface area contributed by atoms with Crippen LogP contribution in [0, 0.1) is 6.92 Å². The Hall–Kier alpha value is -1.59. The van der Waals surface area contributed by atoms with Gasteiger partial charge in [-0.05, 0) is 38.3 Å². The second-order valence-corrected chi connectivity index (χ2v) is 4.70. The predicted octanol–water partition coefficient (Wildman–Crippen LogP) is 1.52. The van der Waals surface area contributed by atoms with Crippen molar-refractivity contribution in [3.8, 4) is 0 Å². The van der Waals surface area contributed by atoms with Crippen LogP contribution in [0.5, 0.6) is 0 Å². The van der Waals surface area contributed by atoms with Crippen molar-refractivity contribution in [1.29, 1.82) is 0 Å². The van der Waals surface area contributed by atoms with E-state index in [2.05, 4.69) is 5.43 Å². The number of carbonyl (C=O) groups is 1. The van der Waals surface area contributed by atoms with Gasteiger partial charge in [0.25, 0.3) is 5.91 Å². The second kappa shape index (κ2) is 7.76. The zero-order valence-electron chi connectivity index (χ0n) is 11.6. The smallest absolute Gasteiger partial charge is 0.255 e. The summed E-state index contributed by atoms with van der Waals surface area (Å²) in [4.78, 5) is 14.0. The van der Waals surface area contributed by atoms with Crippen molar-refractivity contribution < 1.29 is 9.90 Å². The lowest BCUT2D eigenvalue weighted by Gasteiger charge is -2.19. The van der Waals surface area contributed by atoms with E-state index in [9.17, 15) is 4.79 Å². The van der Waals surface area contributed by atoms with Crippen LogP contribution in [0.4, 0.5) is 5.69 Å².